The van der Waals surface area contributed by atoms with Crippen molar-refractivity contribution in [2.75, 3.05) is 0 Å². The zero-order chi connectivity index (χ0) is 18.7. The molecule has 3 nitrogen and oxygen atoms in total. The molecule has 2 atom stereocenters. The van der Waals surface area contributed by atoms with Crippen molar-refractivity contribution >= 4 is 5.91 Å². The van der Waals surface area contributed by atoms with Crippen LogP contribution in [-0.4, -0.2) is 12.0 Å². The molecule has 0 aliphatic rings. The van der Waals surface area contributed by atoms with Crippen LogP contribution in [0, 0.1) is 34.6 Å². The highest BCUT2D eigenvalue weighted by molar-refractivity contribution is 5.81. The van der Waals surface area contributed by atoms with E-state index in [1.165, 1.54) is 22.3 Å². The van der Waals surface area contributed by atoms with E-state index in [0.717, 1.165) is 16.9 Å². The first-order chi connectivity index (χ1) is 11.7. The van der Waals surface area contributed by atoms with E-state index in [1.807, 2.05) is 32.9 Å². The molecular weight excluding hydrogens is 310 g/mol. The maximum atomic E-state index is 12.5. The van der Waals surface area contributed by atoms with E-state index in [0.29, 0.717) is 0 Å². The summed E-state index contributed by atoms with van der Waals surface area (Å²) < 4.78 is 5.86. The predicted molar refractivity (Wildman–Crippen MR) is 103 cm³/mol. The molecule has 2 aromatic carbocycles. The van der Waals surface area contributed by atoms with Gasteiger partial charge >= 0.3 is 0 Å². The van der Waals surface area contributed by atoms with Crippen molar-refractivity contribution in [3.05, 3.63) is 63.7 Å². The van der Waals surface area contributed by atoms with E-state index < -0.39 is 6.10 Å². The topological polar surface area (TPSA) is 38.3 Å². The number of benzene rings is 2. The van der Waals surface area contributed by atoms with Crippen LogP contribution in [0.2, 0.25) is 0 Å². The van der Waals surface area contributed by atoms with Crippen molar-refractivity contribution in [1.29, 1.82) is 0 Å². The first-order valence-electron chi connectivity index (χ1n) is 8.81. The number of carbonyl (C=O) groups excluding carboxylic acids is 1. The third-order valence-corrected chi connectivity index (χ3v) is 4.71. The average Bonchev–Trinajstić information content (AvgIpc) is 2.53. The summed E-state index contributed by atoms with van der Waals surface area (Å²) in [6, 6.07) is 10.2. The van der Waals surface area contributed by atoms with Crippen LogP contribution in [0.1, 0.15) is 53.3 Å². The Morgan fingerprint density at radius 3 is 2.16 bits per heavy atom. The molecule has 0 unspecified atom stereocenters. The van der Waals surface area contributed by atoms with Gasteiger partial charge in [-0.2, -0.15) is 0 Å². The number of ether oxygens (including phenoxy) is 1. The highest BCUT2D eigenvalue weighted by Crippen LogP contribution is 2.23. The van der Waals surface area contributed by atoms with Crippen molar-refractivity contribution in [2.45, 2.75) is 60.6 Å². The Morgan fingerprint density at radius 1 is 0.880 bits per heavy atom. The SMILES string of the molecule is Cc1ccc(O[C@H](C)C(=O)N[C@H](C)c2cc(C)c(C)cc2C)c(C)c1. The van der Waals surface area contributed by atoms with Crippen molar-refractivity contribution < 1.29 is 9.53 Å². The molecule has 1 N–H and O–H groups in total. The lowest BCUT2D eigenvalue weighted by Crippen LogP contribution is -2.38. The van der Waals surface area contributed by atoms with Crippen LogP contribution < -0.4 is 10.1 Å². The fourth-order valence-corrected chi connectivity index (χ4v) is 3.03. The molecule has 0 saturated carbocycles. The molecule has 0 aliphatic carbocycles. The molecule has 0 saturated heterocycles. The Hall–Kier alpha value is -2.29. The summed E-state index contributed by atoms with van der Waals surface area (Å²) in [6.07, 6.45) is -0.546. The minimum atomic E-state index is -0.546. The highest BCUT2D eigenvalue weighted by atomic mass is 16.5. The zero-order valence-corrected chi connectivity index (χ0v) is 16.4. The molecule has 0 radical (unpaired) electrons. The molecule has 0 spiro atoms. The van der Waals surface area contributed by atoms with Gasteiger partial charge in [0.25, 0.3) is 5.91 Å². The summed E-state index contributed by atoms with van der Waals surface area (Å²) in [5.41, 5.74) is 7.07. The quantitative estimate of drug-likeness (QED) is 0.843. The molecule has 2 rings (SSSR count). The van der Waals surface area contributed by atoms with Crippen LogP contribution in [0.4, 0.5) is 0 Å². The van der Waals surface area contributed by atoms with E-state index in [1.54, 1.807) is 6.92 Å². The summed E-state index contributed by atoms with van der Waals surface area (Å²) in [5, 5.41) is 3.07. The van der Waals surface area contributed by atoms with Gasteiger partial charge in [0.05, 0.1) is 6.04 Å². The number of nitrogens with one attached hydrogen (secondary N) is 1. The van der Waals surface area contributed by atoms with E-state index in [-0.39, 0.29) is 11.9 Å². The van der Waals surface area contributed by atoms with Gasteiger partial charge in [-0.3, -0.25) is 4.79 Å². The average molecular weight is 339 g/mol. The van der Waals surface area contributed by atoms with Gasteiger partial charge in [0.2, 0.25) is 0 Å². The van der Waals surface area contributed by atoms with Gasteiger partial charge in [0, 0.05) is 0 Å². The number of carbonyl (C=O) groups is 1. The molecule has 0 bridgehead atoms. The molecular formula is C22H29NO2. The molecule has 3 heteroatoms. The third-order valence-electron chi connectivity index (χ3n) is 4.71. The zero-order valence-electron chi connectivity index (χ0n) is 16.4. The normalized spacial score (nSPS) is 13.2. The lowest BCUT2D eigenvalue weighted by molar-refractivity contribution is -0.127. The summed E-state index contributed by atoms with van der Waals surface area (Å²) in [5.74, 6) is 0.647. The fraction of sp³-hybridized carbons (Fsp3) is 0.409. The minimum Gasteiger partial charge on any atom is -0.481 e. The van der Waals surface area contributed by atoms with Crippen molar-refractivity contribution in [3.63, 3.8) is 0 Å². The standard InChI is InChI=1S/C22H29NO2/c1-13-8-9-21(17(5)10-13)25-19(7)22(24)23-18(6)20-12-15(3)14(2)11-16(20)4/h8-12,18-19H,1-7H3,(H,23,24)/t18-,19-/m1/s1. The molecule has 0 aromatic heterocycles. The second-order valence-electron chi connectivity index (χ2n) is 7.05. The van der Waals surface area contributed by atoms with E-state index in [2.05, 4.69) is 44.3 Å². The lowest BCUT2D eigenvalue weighted by Gasteiger charge is -2.22. The summed E-state index contributed by atoms with van der Waals surface area (Å²) in [7, 11) is 0. The Morgan fingerprint density at radius 2 is 1.52 bits per heavy atom. The molecule has 1 amide bonds. The molecule has 0 heterocycles. The number of rotatable bonds is 5. The second kappa shape index (κ2) is 7.73. The minimum absolute atomic E-state index is 0.0584. The van der Waals surface area contributed by atoms with Crippen molar-refractivity contribution in [3.8, 4) is 5.75 Å². The maximum Gasteiger partial charge on any atom is 0.261 e. The fourth-order valence-electron chi connectivity index (χ4n) is 3.03. The smallest absolute Gasteiger partial charge is 0.261 e. The Labute approximate surface area is 151 Å². The molecule has 2 aromatic rings. The number of hydrogen-bond donors (Lipinski definition) is 1. The number of aryl methyl sites for hydroxylation is 5. The van der Waals surface area contributed by atoms with Crippen molar-refractivity contribution in [2.24, 2.45) is 0 Å². The predicted octanol–water partition coefficient (Wildman–Crippen LogP) is 4.87. The summed E-state index contributed by atoms with van der Waals surface area (Å²) in [6.45, 7) is 14.1. The molecule has 0 aliphatic heterocycles. The van der Waals surface area contributed by atoms with Crippen LogP contribution >= 0.6 is 0 Å². The van der Waals surface area contributed by atoms with Gasteiger partial charge in [-0.15, -0.1) is 0 Å². The number of amides is 1. The second-order valence-corrected chi connectivity index (χ2v) is 7.05. The van der Waals surface area contributed by atoms with Crippen LogP contribution in [0.25, 0.3) is 0 Å². The monoisotopic (exact) mass is 339 g/mol. The molecule has 134 valence electrons. The number of hydrogen-bond acceptors (Lipinski definition) is 2. The lowest BCUT2D eigenvalue weighted by atomic mass is 9.96. The van der Waals surface area contributed by atoms with E-state index >= 15 is 0 Å². The first-order valence-corrected chi connectivity index (χ1v) is 8.81. The Kier molecular flexibility index (Phi) is 5.89. The van der Waals surface area contributed by atoms with Crippen molar-refractivity contribution in [1.82, 2.24) is 5.32 Å². The van der Waals surface area contributed by atoms with Crippen LogP contribution in [0.15, 0.2) is 30.3 Å². The van der Waals surface area contributed by atoms with Crippen LogP contribution in [0.3, 0.4) is 0 Å². The Balaban J connectivity index is 2.06. The molecule has 25 heavy (non-hydrogen) atoms. The van der Waals surface area contributed by atoms with Gasteiger partial charge in [-0.25, -0.2) is 0 Å². The van der Waals surface area contributed by atoms with Gasteiger partial charge in [0.1, 0.15) is 5.75 Å². The van der Waals surface area contributed by atoms with Gasteiger partial charge in [0.15, 0.2) is 6.10 Å². The van der Waals surface area contributed by atoms with Gasteiger partial charge < -0.3 is 10.1 Å². The largest absolute Gasteiger partial charge is 0.481 e. The maximum absolute atomic E-state index is 12.5. The highest BCUT2D eigenvalue weighted by Gasteiger charge is 2.19. The van der Waals surface area contributed by atoms with E-state index in [4.69, 9.17) is 4.74 Å². The van der Waals surface area contributed by atoms with Crippen LogP contribution in [-0.2, 0) is 4.79 Å². The summed E-state index contributed by atoms with van der Waals surface area (Å²) >= 11 is 0. The van der Waals surface area contributed by atoms with E-state index in [9.17, 15) is 4.79 Å². The Bertz CT molecular complexity index is 780. The third kappa shape index (κ3) is 4.62. The van der Waals surface area contributed by atoms with Gasteiger partial charge in [-0.05, 0) is 82.3 Å². The summed E-state index contributed by atoms with van der Waals surface area (Å²) in [4.78, 5) is 12.5. The molecule has 0 fully saturated rings. The first kappa shape index (κ1) is 19.0. The van der Waals surface area contributed by atoms with Crippen LogP contribution in [0.5, 0.6) is 5.75 Å². The van der Waals surface area contributed by atoms with Gasteiger partial charge in [-0.1, -0.05) is 29.8 Å².